The van der Waals surface area contributed by atoms with Gasteiger partial charge in [-0.25, -0.2) is 4.98 Å². The summed E-state index contributed by atoms with van der Waals surface area (Å²) in [6.07, 6.45) is 4.33. The Morgan fingerprint density at radius 3 is 2.75 bits per heavy atom. The molecule has 0 saturated carbocycles. The number of hydrogen-bond acceptors (Lipinski definition) is 4. The second kappa shape index (κ2) is 7.94. The van der Waals surface area contributed by atoms with Crippen LogP contribution in [0.4, 0.5) is 0 Å². The Morgan fingerprint density at radius 1 is 1.55 bits per heavy atom. The fraction of sp³-hybridized carbons (Fsp3) is 0.615. The Balaban J connectivity index is 2.64. The molecule has 6 nitrogen and oxygen atoms in total. The molecule has 0 spiro atoms. The number of imidazole rings is 1. The van der Waals surface area contributed by atoms with Gasteiger partial charge in [-0.05, 0) is 25.4 Å². The Labute approximate surface area is 123 Å². The molecule has 0 bridgehead atoms. The van der Waals surface area contributed by atoms with Gasteiger partial charge in [0.15, 0.2) is 0 Å². The Morgan fingerprint density at radius 2 is 2.25 bits per heavy atom. The molecule has 112 valence electrons. The fourth-order valence-electron chi connectivity index (χ4n) is 1.85. The van der Waals surface area contributed by atoms with Crippen LogP contribution in [0.1, 0.15) is 24.9 Å². The fourth-order valence-corrected chi connectivity index (χ4v) is 2.33. The van der Waals surface area contributed by atoms with Crippen LogP contribution < -0.4 is 5.32 Å². The van der Waals surface area contributed by atoms with Gasteiger partial charge in [0.05, 0.1) is 6.54 Å². The maximum absolute atomic E-state index is 12.4. The van der Waals surface area contributed by atoms with E-state index in [9.17, 15) is 9.59 Å². The summed E-state index contributed by atoms with van der Waals surface area (Å²) >= 11 is 1.65. The Kier molecular flexibility index (Phi) is 6.57. The van der Waals surface area contributed by atoms with E-state index in [0.717, 1.165) is 17.3 Å². The van der Waals surface area contributed by atoms with Gasteiger partial charge in [-0.3, -0.25) is 9.59 Å². The molecule has 0 aromatic carbocycles. The summed E-state index contributed by atoms with van der Waals surface area (Å²) in [4.78, 5) is 32.4. The summed E-state index contributed by atoms with van der Waals surface area (Å²) in [5.41, 5.74) is 0.960. The molecule has 0 saturated heterocycles. The van der Waals surface area contributed by atoms with Gasteiger partial charge in [0.1, 0.15) is 11.9 Å². The second-order valence-electron chi connectivity index (χ2n) is 4.74. The molecule has 0 fully saturated rings. The summed E-state index contributed by atoms with van der Waals surface area (Å²) in [6, 6.07) is -0.471. The first-order valence-electron chi connectivity index (χ1n) is 6.45. The van der Waals surface area contributed by atoms with Crippen LogP contribution in [-0.2, 0) is 16.1 Å². The summed E-state index contributed by atoms with van der Waals surface area (Å²) < 4.78 is 0. The number of rotatable bonds is 7. The standard InChI is InChI=1S/C13H22N4O2S/c1-9-7-14-12(15-9)8-17(3)13(19)11(5-6-20-4)16-10(2)18/h7,11H,5-6,8H2,1-4H3,(H,14,15)(H,16,18)/t11-/m0/s1. The molecule has 1 aromatic heterocycles. The van der Waals surface area contributed by atoms with Crippen LogP contribution in [0.2, 0.25) is 0 Å². The molecule has 0 aliphatic heterocycles. The molecule has 1 heterocycles. The number of carbonyl (C=O) groups is 2. The van der Waals surface area contributed by atoms with E-state index < -0.39 is 6.04 Å². The first kappa shape index (κ1) is 16.6. The van der Waals surface area contributed by atoms with Gasteiger partial charge in [0.2, 0.25) is 11.8 Å². The molecule has 20 heavy (non-hydrogen) atoms. The van der Waals surface area contributed by atoms with E-state index in [2.05, 4.69) is 15.3 Å². The summed E-state index contributed by atoms with van der Waals surface area (Å²) in [5, 5.41) is 2.71. The maximum atomic E-state index is 12.4. The average molecular weight is 298 g/mol. The summed E-state index contributed by atoms with van der Waals surface area (Å²) in [5.74, 6) is 1.28. The minimum Gasteiger partial charge on any atom is -0.345 e. The van der Waals surface area contributed by atoms with Gasteiger partial charge in [-0.15, -0.1) is 0 Å². The summed E-state index contributed by atoms with van der Waals surface area (Å²) in [6.45, 7) is 3.74. The van der Waals surface area contributed by atoms with Crippen molar-refractivity contribution in [1.82, 2.24) is 20.2 Å². The first-order valence-corrected chi connectivity index (χ1v) is 7.85. The van der Waals surface area contributed by atoms with Gasteiger partial charge in [0, 0.05) is 25.9 Å². The van der Waals surface area contributed by atoms with Gasteiger partial charge in [0.25, 0.3) is 0 Å². The predicted octanol–water partition coefficient (Wildman–Crippen LogP) is 0.934. The van der Waals surface area contributed by atoms with E-state index in [4.69, 9.17) is 0 Å². The highest BCUT2D eigenvalue weighted by atomic mass is 32.2. The normalized spacial score (nSPS) is 12.0. The van der Waals surface area contributed by atoms with Crippen LogP contribution in [0.5, 0.6) is 0 Å². The van der Waals surface area contributed by atoms with E-state index >= 15 is 0 Å². The average Bonchev–Trinajstić information content (AvgIpc) is 2.78. The number of carbonyl (C=O) groups excluding carboxylic acids is 2. The molecule has 2 N–H and O–H groups in total. The number of amides is 2. The maximum Gasteiger partial charge on any atom is 0.245 e. The monoisotopic (exact) mass is 298 g/mol. The molecular weight excluding hydrogens is 276 g/mol. The molecule has 1 rings (SSSR count). The molecule has 7 heteroatoms. The van der Waals surface area contributed by atoms with Crippen molar-refractivity contribution in [3.8, 4) is 0 Å². The highest BCUT2D eigenvalue weighted by molar-refractivity contribution is 7.98. The lowest BCUT2D eigenvalue weighted by atomic mass is 10.2. The Hall–Kier alpha value is -1.50. The highest BCUT2D eigenvalue weighted by Gasteiger charge is 2.23. The number of aromatic nitrogens is 2. The number of H-pyrrole nitrogens is 1. The molecule has 2 amide bonds. The van der Waals surface area contributed by atoms with Gasteiger partial charge < -0.3 is 15.2 Å². The highest BCUT2D eigenvalue weighted by Crippen LogP contribution is 2.06. The molecule has 1 atom stereocenters. The SMILES string of the molecule is CSCC[C@H](NC(C)=O)C(=O)N(C)Cc1ncc(C)[nH]1. The van der Waals surface area contributed by atoms with Crippen molar-refractivity contribution in [2.75, 3.05) is 19.1 Å². The van der Waals surface area contributed by atoms with Gasteiger partial charge >= 0.3 is 0 Å². The largest absolute Gasteiger partial charge is 0.345 e. The van der Waals surface area contributed by atoms with Gasteiger partial charge in [-0.1, -0.05) is 0 Å². The zero-order valence-electron chi connectivity index (χ0n) is 12.4. The molecule has 0 aliphatic carbocycles. The topological polar surface area (TPSA) is 78.1 Å². The zero-order valence-corrected chi connectivity index (χ0v) is 13.2. The van der Waals surface area contributed by atoms with Crippen molar-refractivity contribution in [2.24, 2.45) is 0 Å². The number of thioether (sulfide) groups is 1. The third-order valence-corrected chi connectivity index (χ3v) is 3.45. The first-order chi connectivity index (χ1) is 9.43. The minimum atomic E-state index is -0.471. The predicted molar refractivity (Wildman–Crippen MR) is 80.4 cm³/mol. The van der Waals surface area contributed by atoms with Crippen molar-refractivity contribution in [3.63, 3.8) is 0 Å². The lowest BCUT2D eigenvalue weighted by molar-refractivity contribution is -0.135. The quantitative estimate of drug-likeness (QED) is 0.785. The van der Waals surface area contributed by atoms with Crippen LogP contribution >= 0.6 is 11.8 Å². The van der Waals surface area contributed by atoms with Crippen LogP contribution in [0.15, 0.2) is 6.20 Å². The lowest BCUT2D eigenvalue weighted by Crippen LogP contribution is -2.46. The van der Waals surface area contributed by atoms with Crippen molar-refractivity contribution in [1.29, 1.82) is 0 Å². The van der Waals surface area contributed by atoms with Crippen molar-refractivity contribution in [3.05, 3.63) is 17.7 Å². The minimum absolute atomic E-state index is 0.0942. The number of nitrogens with zero attached hydrogens (tertiary/aromatic N) is 2. The van der Waals surface area contributed by atoms with Crippen LogP contribution in [0.3, 0.4) is 0 Å². The van der Waals surface area contributed by atoms with Crippen LogP contribution in [-0.4, -0.2) is 51.8 Å². The van der Waals surface area contributed by atoms with Crippen molar-refractivity contribution >= 4 is 23.6 Å². The van der Waals surface area contributed by atoms with E-state index in [0.29, 0.717) is 13.0 Å². The zero-order chi connectivity index (χ0) is 15.1. The third kappa shape index (κ3) is 5.24. The molecule has 0 radical (unpaired) electrons. The number of nitrogens with one attached hydrogen (secondary N) is 2. The van der Waals surface area contributed by atoms with Crippen LogP contribution in [0, 0.1) is 6.92 Å². The smallest absolute Gasteiger partial charge is 0.245 e. The Bertz CT molecular complexity index is 461. The summed E-state index contributed by atoms with van der Waals surface area (Å²) in [7, 11) is 1.72. The third-order valence-electron chi connectivity index (χ3n) is 2.80. The molecule has 0 aliphatic rings. The van der Waals surface area contributed by atoms with Crippen molar-refractivity contribution < 1.29 is 9.59 Å². The molecule has 0 unspecified atom stereocenters. The molecular formula is C13H22N4O2S. The van der Waals surface area contributed by atoms with E-state index in [1.807, 2.05) is 13.2 Å². The van der Waals surface area contributed by atoms with E-state index in [1.165, 1.54) is 6.92 Å². The van der Waals surface area contributed by atoms with Gasteiger partial charge in [-0.2, -0.15) is 11.8 Å². The van der Waals surface area contributed by atoms with Crippen LogP contribution in [0.25, 0.3) is 0 Å². The van der Waals surface area contributed by atoms with E-state index in [1.54, 1.807) is 29.9 Å². The second-order valence-corrected chi connectivity index (χ2v) is 5.73. The number of likely N-dealkylation sites (N-methyl/N-ethyl adjacent to an activating group) is 1. The number of aryl methyl sites for hydroxylation is 1. The molecule has 1 aromatic rings. The number of hydrogen-bond donors (Lipinski definition) is 2. The number of aromatic amines is 1. The lowest BCUT2D eigenvalue weighted by Gasteiger charge is -2.23. The van der Waals surface area contributed by atoms with E-state index in [-0.39, 0.29) is 11.8 Å². The van der Waals surface area contributed by atoms with Crippen molar-refractivity contribution in [2.45, 2.75) is 32.9 Å².